The second-order valence-electron chi connectivity index (χ2n) is 3.70. The molecule has 0 N–H and O–H groups in total. The normalized spacial score (nSPS) is 10.6. The Morgan fingerprint density at radius 1 is 1.56 bits per heavy atom. The van der Waals surface area contributed by atoms with Crippen molar-refractivity contribution in [2.75, 3.05) is 6.61 Å². The lowest BCUT2D eigenvalue weighted by Gasteiger charge is -2.09. The van der Waals surface area contributed by atoms with Crippen molar-refractivity contribution in [1.82, 2.24) is 0 Å². The van der Waals surface area contributed by atoms with Gasteiger partial charge in [0.15, 0.2) is 5.82 Å². The molecule has 0 bridgehead atoms. The van der Waals surface area contributed by atoms with Crippen molar-refractivity contribution in [1.29, 1.82) is 0 Å². The van der Waals surface area contributed by atoms with Gasteiger partial charge in [0.2, 0.25) is 5.75 Å². The number of nitrogens with zero attached hydrogens (tertiary/aromatic N) is 1. The van der Waals surface area contributed by atoms with Gasteiger partial charge in [0.25, 0.3) is 0 Å². The second kappa shape index (κ2) is 5.25. The lowest BCUT2D eigenvalue weighted by Crippen LogP contribution is -2.07. The molecule has 0 radical (unpaired) electrons. The maximum atomic E-state index is 13.5. The van der Waals surface area contributed by atoms with E-state index in [-0.39, 0.29) is 24.0 Å². The number of hydrogen-bond acceptors (Lipinski definition) is 3. The molecule has 0 fully saturated rings. The predicted octanol–water partition coefficient (Wildman–Crippen LogP) is 3.53. The number of benzene rings is 1. The molecule has 0 aromatic heterocycles. The van der Waals surface area contributed by atoms with Crippen LogP contribution in [0.3, 0.4) is 0 Å². The molecule has 0 saturated heterocycles. The minimum absolute atomic E-state index is 0.169. The summed E-state index contributed by atoms with van der Waals surface area (Å²) in [6, 6.07) is 2.36. The molecule has 0 aliphatic heterocycles. The van der Waals surface area contributed by atoms with Crippen LogP contribution in [0.5, 0.6) is 5.75 Å². The van der Waals surface area contributed by atoms with Gasteiger partial charge in [-0.05, 0) is 12.0 Å². The third-order valence-corrected chi connectivity index (χ3v) is 2.20. The lowest BCUT2D eigenvalue weighted by atomic mass is 10.2. The van der Waals surface area contributed by atoms with E-state index in [0.717, 1.165) is 6.07 Å². The van der Waals surface area contributed by atoms with E-state index < -0.39 is 10.7 Å². The first-order chi connectivity index (χ1) is 7.41. The zero-order valence-corrected chi connectivity index (χ0v) is 10.5. The van der Waals surface area contributed by atoms with Gasteiger partial charge >= 0.3 is 5.69 Å². The molecule has 1 aromatic rings. The summed E-state index contributed by atoms with van der Waals surface area (Å²) in [6.07, 6.45) is 0. The Kier molecular flexibility index (Phi) is 4.23. The van der Waals surface area contributed by atoms with Gasteiger partial charge in [0, 0.05) is 10.5 Å². The number of hydrogen-bond donors (Lipinski definition) is 0. The van der Waals surface area contributed by atoms with E-state index in [1.807, 2.05) is 13.8 Å². The average molecular weight is 292 g/mol. The minimum atomic E-state index is -0.735. The Morgan fingerprint density at radius 2 is 2.19 bits per heavy atom. The quantitative estimate of drug-likeness (QED) is 0.630. The highest BCUT2D eigenvalue weighted by molar-refractivity contribution is 9.10. The van der Waals surface area contributed by atoms with Crippen molar-refractivity contribution in [3.8, 4) is 5.75 Å². The van der Waals surface area contributed by atoms with E-state index in [9.17, 15) is 14.5 Å². The summed E-state index contributed by atoms with van der Waals surface area (Å²) in [5.41, 5.74) is -0.368. The molecule has 1 rings (SSSR count). The van der Waals surface area contributed by atoms with Crippen molar-refractivity contribution in [2.24, 2.45) is 5.92 Å². The first-order valence-electron chi connectivity index (χ1n) is 4.68. The highest BCUT2D eigenvalue weighted by Crippen LogP contribution is 2.33. The van der Waals surface area contributed by atoms with Crippen LogP contribution in [0.1, 0.15) is 13.8 Å². The molecule has 0 amide bonds. The fraction of sp³-hybridized carbons (Fsp3) is 0.400. The maximum absolute atomic E-state index is 13.5. The minimum Gasteiger partial charge on any atom is -0.485 e. The second-order valence-corrected chi connectivity index (χ2v) is 4.61. The Balaban J connectivity index is 3.09. The van der Waals surface area contributed by atoms with Gasteiger partial charge in [0.1, 0.15) is 0 Å². The smallest absolute Gasteiger partial charge is 0.315 e. The molecular weight excluding hydrogens is 281 g/mol. The van der Waals surface area contributed by atoms with Crippen LogP contribution in [-0.4, -0.2) is 11.5 Å². The van der Waals surface area contributed by atoms with Crippen molar-refractivity contribution in [2.45, 2.75) is 13.8 Å². The molecule has 16 heavy (non-hydrogen) atoms. The summed E-state index contributed by atoms with van der Waals surface area (Å²) in [4.78, 5) is 10.0. The number of rotatable bonds is 4. The van der Waals surface area contributed by atoms with Gasteiger partial charge in [-0.3, -0.25) is 10.1 Å². The molecular formula is C10H11BrFNO3. The third kappa shape index (κ3) is 3.16. The number of nitro groups is 1. The summed E-state index contributed by atoms with van der Waals surface area (Å²) >= 11 is 3.00. The van der Waals surface area contributed by atoms with E-state index in [1.165, 1.54) is 6.07 Å². The van der Waals surface area contributed by atoms with Crippen LogP contribution in [0, 0.1) is 21.8 Å². The third-order valence-electron chi connectivity index (χ3n) is 1.75. The number of halogens is 2. The van der Waals surface area contributed by atoms with Crippen molar-refractivity contribution in [3.05, 3.63) is 32.5 Å². The Labute approximate surface area is 101 Å². The molecule has 0 aliphatic rings. The van der Waals surface area contributed by atoms with Crippen molar-refractivity contribution < 1.29 is 14.1 Å². The molecule has 88 valence electrons. The first kappa shape index (κ1) is 12.9. The Hall–Kier alpha value is -1.17. The molecule has 1 aromatic carbocycles. The Morgan fingerprint density at radius 3 is 2.69 bits per heavy atom. The van der Waals surface area contributed by atoms with Gasteiger partial charge in [-0.25, -0.2) is 4.39 Å². The number of ether oxygens (including phenoxy) is 1. The molecule has 6 heteroatoms. The van der Waals surface area contributed by atoms with E-state index in [0.29, 0.717) is 4.47 Å². The maximum Gasteiger partial charge on any atom is 0.315 e. The SMILES string of the molecule is CC(C)COc1c(F)cc(Br)cc1[N+](=O)[O-]. The molecule has 0 saturated carbocycles. The van der Waals surface area contributed by atoms with E-state index in [4.69, 9.17) is 4.74 Å². The van der Waals surface area contributed by atoms with Gasteiger partial charge in [0.05, 0.1) is 11.5 Å². The van der Waals surface area contributed by atoms with Gasteiger partial charge in [-0.2, -0.15) is 0 Å². The fourth-order valence-corrected chi connectivity index (χ4v) is 1.49. The van der Waals surface area contributed by atoms with Crippen LogP contribution < -0.4 is 4.74 Å². The average Bonchev–Trinajstić information content (AvgIpc) is 2.14. The van der Waals surface area contributed by atoms with Crippen molar-refractivity contribution in [3.63, 3.8) is 0 Å². The van der Waals surface area contributed by atoms with Gasteiger partial charge < -0.3 is 4.74 Å². The Bertz CT molecular complexity index is 409. The van der Waals surface area contributed by atoms with Gasteiger partial charge in [-0.15, -0.1) is 0 Å². The van der Waals surface area contributed by atoms with E-state index >= 15 is 0 Å². The molecule has 0 aliphatic carbocycles. The van der Waals surface area contributed by atoms with Crippen LogP contribution in [0.2, 0.25) is 0 Å². The monoisotopic (exact) mass is 291 g/mol. The summed E-state index contributed by atoms with van der Waals surface area (Å²) < 4.78 is 18.9. The predicted molar refractivity (Wildman–Crippen MR) is 61.1 cm³/mol. The molecule has 0 unspecified atom stereocenters. The zero-order valence-electron chi connectivity index (χ0n) is 8.87. The van der Waals surface area contributed by atoms with E-state index in [2.05, 4.69) is 15.9 Å². The van der Waals surface area contributed by atoms with Crippen LogP contribution in [-0.2, 0) is 0 Å². The summed E-state index contributed by atoms with van der Waals surface area (Å²) in [7, 11) is 0. The zero-order chi connectivity index (χ0) is 12.3. The van der Waals surface area contributed by atoms with E-state index in [1.54, 1.807) is 0 Å². The summed E-state index contributed by atoms with van der Waals surface area (Å²) in [5.74, 6) is -0.869. The lowest BCUT2D eigenvalue weighted by molar-refractivity contribution is -0.386. The molecule has 0 spiro atoms. The summed E-state index contributed by atoms with van der Waals surface area (Å²) in [5, 5.41) is 10.7. The number of nitro benzene ring substituents is 1. The topological polar surface area (TPSA) is 52.4 Å². The fourth-order valence-electron chi connectivity index (χ4n) is 1.08. The molecule has 0 heterocycles. The molecule has 0 atom stereocenters. The largest absolute Gasteiger partial charge is 0.485 e. The summed E-state index contributed by atoms with van der Waals surface area (Å²) in [6.45, 7) is 3.99. The molecule has 4 nitrogen and oxygen atoms in total. The first-order valence-corrected chi connectivity index (χ1v) is 5.47. The van der Waals surface area contributed by atoms with Crippen LogP contribution in [0.4, 0.5) is 10.1 Å². The van der Waals surface area contributed by atoms with Crippen molar-refractivity contribution >= 4 is 21.6 Å². The highest BCUT2D eigenvalue weighted by atomic mass is 79.9. The van der Waals surface area contributed by atoms with Gasteiger partial charge in [-0.1, -0.05) is 29.8 Å². The highest BCUT2D eigenvalue weighted by Gasteiger charge is 2.21. The van der Waals surface area contributed by atoms with Crippen LogP contribution in [0.25, 0.3) is 0 Å². The van der Waals surface area contributed by atoms with Crippen LogP contribution in [0.15, 0.2) is 16.6 Å². The van der Waals surface area contributed by atoms with Crippen LogP contribution >= 0.6 is 15.9 Å². The standard InChI is InChI=1S/C10H11BrFNO3/c1-6(2)5-16-10-8(12)3-7(11)4-9(10)13(14)15/h3-4,6H,5H2,1-2H3.